The van der Waals surface area contributed by atoms with Gasteiger partial charge in [-0.05, 0) is 30.0 Å². The molecule has 4 heteroatoms. The lowest BCUT2D eigenvalue weighted by atomic mass is 10.0. The molecule has 0 spiro atoms. The van der Waals surface area contributed by atoms with Gasteiger partial charge in [0.05, 0.1) is 12.1 Å². The van der Waals surface area contributed by atoms with Gasteiger partial charge >= 0.3 is 0 Å². The number of benzene rings is 1. The van der Waals surface area contributed by atoms with Crippen LogP contribution >= 0.6 is 11.3 Å². The van der Waals surface area contributed by atoms with E-state index in [1.807, 2.05) is 54.8 Å². The van der Waals surface area contributed by atoms with E-state index in [2.05, 4.69) is 0 Å². The van der Waals surface area contributed by atoms with E-state index >= 15 is 0 Å². The Balaban J connectivity index is 2.01. The van der Waals surface area contributed by atoms with Crippen LogP contribution in [0.3, 0.4) is 0 Å². The number of carbonyl (C=O) groups excluding carboxylic acids is 1. The minimum atomic E-state index is -0.699. The Morgan fingerprint density at radius 3 is 2.57 bits per heavy atom. The van der Waals surface area contributed by atoms with Crippen LogP contribution in [0.25, 0.3) is 6.08 Å². The molecule has 0 saturated carbocycles. The molecular weight excluding hydrogens is 282 g/mol. The lowest BCUT2D eigenvalue weighted by molar-refractivity contribution is -0.128. The molecule has 2 aromatic rings. The number of aliphatic hydroxyl groups excluding tert-OH is 1. The Hall–Kier alpha value is -1.91. The quantitative estimate of drug-likeness (QED) is 0.860. The molecular formula is C17H19NO2S. The van der Waals surface area contributed by atoms with Crippen molar-refractivity contribution in [3.05, 3.63) is 64.4 Å². The van der Waals surface area contributed by atoms with Gasteiger partial charge in [0.2, 0.25) is 5.91 Å². The SMILES string of the molecule is CC(C(O)c1ccccc1)N(C)C(=O)/C=C/c1cccs1. The summed E-state index contributed by atoms with van der Waals surface area (Å²) in [4.78, 5) is 14.7. The van der Waals surface area contributed by atoms with Crippen molar-refractivity contribution in [1.29, 1.82) is 0 Å². The number of amides is 1. The third-order valence-corrected chi connectivity index (χ3v) is 4.33. The summed E-state index contributed by atoms with van der Waals surface area (Å²) in [6.07, 6.45) is 2.64. The maximum absolute atomic E-state index is 12.1. The van der Waals surface area contributed by atoms with Gasteiger partial charge in [0.1, 0.15) is 0 Å². The first-order valence-corrected chi connectivity index (χ1v) is 7.69. The van der Waals surface area contributed by atoms with Gasteiger partial charge in [0.15, 0.2) is 0 Å². The first-order chi connectivity index (χ1) is 10.1. The van der Waals surface area contributed by atoms with Gasteiger partial charge in [0.25, 0.3) is 0 Å². The van der Waals surface area contributed by atoms with Crippen molar-refractivity contribution in [1.82, 2.24) is 4.90 Å². The Bertz CT molecular complexity index is 593. The van der Waals surface area contributed by atoms with Crippen LogP contribution in [0.15, 0.2) is 53.9 Å². The van der Waals surface area contributed by atoms with Crippen LogP contribution in [0, 0.1) is 0 Å². The second kappa shape index (κ2) is 7.20. The summed E-state index contributed by atoms with van der Waals surface area (Å²) < 4.78 is 0. The van der Waals surface area contributed by atoms with Gasteiger partial charge < -0.3 is 10.0 Å². The van der Waals surface area contributed by atoms with Crippen LogP contribution < -0.4 is 0 Å². The molecule has 0 radical (unpaired) electrons. The summed E-state index contributed by atoms with van der Waals surface area (Å²) in [7, 11) is 1.71. The fourth-order valence-corrected chi connectivity index (χ4v) is 2.62. The number of hydrogen-bond donors (Lipinski definition) is 1. The molecule has 21 heavy (non-hydrogen) atoms. The number of hydrogen-bond acceptors (Lipinski definition) is 3. The number of likely N-dealkylation sites (N-methyl/N-ethyl adjacent to an activating group) is 1. The second-order valence-corrected chi connectivity index (χ2v) is 5.87. The Morgan fingerprint density at radius 1 is 1.24 bits per heavy atom. The maximum atomic E-state index is 12.1. The topological polar surface area (TPSA) is 40.5 Å². The lowest BCUT2D eigenvalue weighted by Gasteiger charge is -2.28. The lowest BCUT2D eigenvalue weighted by Crippen LogP contribution is -2.38. The molecule has 2 unspecified atom stereocenters. The first kappa shape index (κ1) is 15.5. The molecule has 0 aliphatic heterocycles. The average Bonchev–Trinajstić information content (AvgIpc) is 3.04. The van der Waals surface area contributed by atoms with Crippen LogP contribution in [-0.2, 0) is 4.79 Å². The summed E-state index contributed by atoms with van der Waals surface area (Å²) in [5.41, 5.74) is 0.812. The van der Waals surface area contributed by atoms with E-state index in [-0.39, 0.29) is 11.9 Å². The molecule has 0 fully saturated rings. The largest absolute Gasteiger partial charge is 0.386 e. The van der Waals surface area contributed by atoms with Crippen molar-refractivity contribution in [3.8, 4) is 0 Å². The van der Waals surface area contributed by atoms with E-state index in [1.54, 1.807) is 35.4 Å². The minimum absolute atomic E-state index is 0.120. The molecule has 1 N–H and O–H groups in total. The molecule has 1 heterocycles. The molecule has 2 atom stereocenters. The summed E-state index contributed by atoms with van der Waals surface area (Å²) >= 11 is 1.58. The number of thiophene rings is 1. The summed E-state index contributed by atoms with van der Waals surface area (Å²) in [5, 5.41) is 12.3. The predicted molar refractivity (Wildman–Crippen MR) is 87.0 cm³/mol. The second-order valence-electron chi connectivity index (χ2n) is 4.89. The molecule has 1 aromatic heterocycles. The molecule has 110 valence electrons. The monoisotopic (exact) mass is 301 g/mol. The molecule has 1 amide bonds. The summed E-state index contributed by atoms with van der Waals surface area (Å²) in [5.74, 6) is -0.120. The highest BCUT2D eigenvalue weighted by Crippen LogP contribution is 2.20. The van der Waals surface area contributed by atoms with Crippen molar-refractivity contribution in [2.75, 3.05) is 7.05 Å². The zero-order chi connectivity index (χ0) is 15.2. The fraction of sp³-hybridized carbons (Fsp3) is 0.235. The normalized spacial score (nSPS) is 14.0. The van der Waals surface area contributed by atoms with Crippen molar-refractivity contribution in [3.63, 3.8) is 0 Å². The Morgan fingerprint density at radius 2 is 1.95 bits per heavy atom. The van der Waals surface area contributed by atoms with Crippen molar-refractivity contribution in [2.45, 2.75) is 19.1 Å². The first-order valence-electron chi connectivity index (χ1n) is 6.81. The maximum Gasteiger partial charge on any atom is 0.246 e. The van der Waals surface area contributed by atoms with E-state index in [1.165, 1.54) is 0 Å². The zero-order valence-corrected chi connectivity index (χ0v) is 13.0. The van der Waals surface area contributed by atoms with Gasteiger partial charge in [-0.2, -0.15) is 0 Å². The van der Waals surface area contributed by atoms with Crippen molar-refractivity contribution < 1.29 is 9.90 Å². The third kappa shape index (κ3) is 4.03. The molecule has 0 aliphatic rings. The zero-order valence-electron chi connectivity index (χ0n) is 12.1. The van der Waals surface area contributed by atoms with Crippen LogP contribution in [-0.4, -0.2) is 29.0 Å². The number of aliphatic hydroxyl groups is 1. The van der Waals surface area contributed by atoms with E-state index in [0.717, 1.165) is 10.4 Å². The minimum Gasteiger partial charge on any atom is -0.386 e. The summed E-state index contributed by atoms with van der Waals surface area (Å²) in [6, 6.07) is 13.0. The van der Waals surface area contributed by atoms with E-state index in [4.69, 9.17) is 0 Å². The van der Waals surface area contributed by atoms with Gasteiger partial charge in [-0.25, -0.2) is 0 Å². The van der Waals surface area contributed by atoms with Crippen molar-refractivity contribution >= 4 is 23.3 Å². The van der Waals surface area contributed by atoms with Gasteiger partial charge in [-0.1, -0.05) is 36.4 Å². The van der Waals surface area contributed by atoms with Crippen LogP contribution in [0.1, 0.15) is 23.5 Å². The fourth-order valence-electron chi connectivity index (χ4n) is 2.00. The van der Waals surface area contributed by atoms with Gasteiger partial charge in [-0.15, -0.1) is 11.3 Å². The Kier molecular flexibility index (Phi) is 5.31. The highest BCUT2D eigenvalue weighted by molar-refractivity contribution is 7.10. The number of rotatable bonds is 5. The molecule has 0 saturated heterocycles. The molecule has 0 bridgehead atoms. The smallest absolute Gasteiger partial charge is 0.246 e. The van der Waals surface area contributed by atoms with Crippen molar-refractivity contribution in [2.24, 2.45) is 0 Å². The molecule has 2 rings (SSSR count). The van der Waals surface area contributed by atoms with Crippen LogP contribution in [0.5, 0.6) is 0 Å². The third-order valence-electron chi connectivity index (χ3n) is 3.49. The highest BCUT2D eigenvalue weighted by Gasteiger charge is 2.22. The van der Waals surface area contributed by atoms with Crippen LogP contribution in [0.2, 0.25) is 0 Å². The summed E-state index contributed by atoms with van der Waals surface area (Å²) in [6.45, 7) is 1.84. The molecule has 3 nitrogen and oxygen atoms in total. The average molecular weight is 301 g/mol. The van der Waals surface area contributed by atoms with E-state index in [9.17, 15) is 9.90 Å². The Labute approximate surface area is 129 Å². The van der Waals surface area contributed by atoms with E-state index in [0.29, 0.717) is 0 Å². The number of carbonyl (C=O) groups is 1. The molecule has 1 aromatic carbocycles. The van der Waals surface area contributed by atoms with Crippen LogP contribution in [0.4, 0.5) is 0 Å². The molecule has 0 aliphatic carbocycles. The highest BCUT2D eigenvalue weighted by atomic mass is 32.1. The number of nitrogens with zero attached hydrogens (tertiary/aromatic N) is 1. The predicted octanol–water partition coefficient (Wildman–Crippen LogP) is 3.34. The standard InChI is InChI=1S/C17H19NO2S/c1-13(17(20)14-7-4-3-5-8-14)18(2)16(19)11-10-15-9-6-12-21-15/h3-13,17,20H,1-2H3/b11-10+. The van der Waals surface area contributed by atoms with Gasteiger partial charge in [-0.3, -0.25) is 4.79 Å². The van der Waals surface area contributed by atoms with E-state index < -0.39 is 6.10 Å². The van der Waals surface area contributed by atoms with Gasteiger partial charge in [0, 0.05) is 18.0 Å².